The molecule has 168 valence electrons. The fourth-order valence-electron chi connectivity index (χ4n) is 4.66. The van der Waals surface area contributed by atoms with Gasteiger partial charge in [-0.1, -0.05) is 38.3 Å². The summed E-state index contributed by atoms with van der Waals surface area (Å²) in [6, 6.07) is 5.62. The summed E-state index contributed by atoms with van der Waals surface area (Å²) in [6.07, 6.45) is 9.22. The van der Waals surface area contributed by atoms with Crippen LogP contribution in [-0.4, -0.2) is 46.3 Å². The van der Waals surface area contributed by atoms with Gasteiger partial charge in [-0.2, -0.15) is 0 Å². The minimum absolute atomic E-state index is 0.155. The summed E-state index contributed by atoms with van der Waals surface area (Å²) in [6.45, 7) is 1.75. The van der Waals surface area contributed by atoms with Gasteiger partial charge in [0.2, 0.25) is 0 Å². The van der Waals surface area contributed by atoms with Crippen LogP contribution >= 0.6 is 0 Å². The van der Waals surface area contributed by atoms with Crippen molar-refractivity contribution in [2.75, 3.05) is 6.61 Å². The van der Waals surface area contributed by atoms with E-state index < -0.39 is 12.6 Å². The van der Waals surface area contributed by atoms with Crippen molar-refractivity contribution in [3.05, 3.63) is 29.3 Å². The monoisotopic (exact) mass is 419 g/mol. The second kappa shape index (κ2) is 12.7. The number of hydrogen-bond acceptors (Lipinski definition) is 5. The van der Waals surface area contributed by atoms with Crippen molar-refractivity contribution in [2.24, 2.45) is 11.8 Å². The van der Waals surface area contributed by atoms with E-state index in [0.717, 1.165) is 68.9 Å². The van der Waals surface area contributed by atoms with Crippen LogP contribution in [0, 0.1) is 17.2 Å². The van der Waals surface area contributed by atoms with Crippen molar-refractivity contribution in [3.63, 3.8) is 0 Å². The van der Waals surface area contributed by atoms with Crippen LogP contribution < -0.4 is 4.74 Å². The standard InChI is InChI=1S/C24H37NO5/c1-2-3-4-7-19(26)10-11-20-18(9-12-22(20)27)15-17-6-5-8-23(21(17)13-14-25)30-16-24(28)29/h5-6,8,14,18-20,22,25-27H,2-4,7,9-13,15-16H2,1H3,(H,28,29)/t18-,19?,20-,22-/m1/s1. The Bertz CT molecular complexity index is 678. The summed E-state index contributed by atoms with van der Waals surface area (Å²) in [7, 11) is 0. The number of aliphatic hydroxyl groups is 2. The maximum Gasteiger partial charge on any atom is 0.341 e. The van der Waals surface area contributed by atoms with E-state index in [2.05, 4.69) is 6.92 Å². The van der Waals surface area contributed by atoms with Crippen molar-refractivity contribution in [3.8, 4) is 5.75 Å². The first-order valence-electron chi connectivity index (χ1n) is 11.3. The van der Waals surface area contributed by atoms with Crippen molar-refractivity contribution in [1.82, 2.24) is 0 Å². The highest BCUT2D eigenvalue weighted by Gasteiger charge is 2.35. The predicted octanol–water partition coefficient (Wildman–Crippen LogP) is 3.99. The van der Waals surface area contributed by atoms with E-state index in [4.69, 9.17) is 15.3 Å². The third kappa shape index (κ3) is 7.40. The number of carboxylic acid groups (broad SMARTS) is 1. The van der Waals surface area contributed by atoms with Crippen molar-refractivity contribution >= 4 is 12.2 Å². The molecule has 1 unspecified atom stereocenters. The zero-order chi connectivity index (χ0) is 21.9. The maximum absolute atomic E-state index is 10.9. The van der Waals surface area contributed by atoms with Crippen LogP contribution in [0.1, 0.15) is 69.4 Å². The third-order valence-electron chi connectivity index (χ3n) is 6.28. The van der Waals surface area contributed by atoms with Crippen LogP contribution in [0.5, 0.6) is 5.75 Å². The average Bonchev–Trinajstić information content (AvgIpc) is 3.06. The number of carboxylic acids is 1. The van der Waals surface area contributed by atoms with Gasteiger partial charge in [-0.15, -0.1) is 0 Å². The molecule has 0 spiro atoms. The summed E-state index contributed by atoms with van der Waals surface area (Å²) in [4.78, 5) is 10.9. The normalized spacial score (nSPS) is 22.0. The Balaban J connectivity index is 2.04. The minimum atomic E-state index is -1.03. The second-order valence-corrected chi connectivity index (χ2v) is 8.48. The molecule has 1 fully saturated rings. The van der Waals surface area contributed by atoms with Crippen LogP contribution in [0.2, 0.25) is 0 Å². The molecule has 4 N–H and O–H groups in total. The number of benzene rings is 1. The van der Waals surface area contributed by atoms with E-state index in [1.807, 2.05) is 12.1 Å². The fraction of sp³-hybridized carbons (Fsp3) is 0.667. The molecule has 0 heterocycles. The number of nitrogens with one attached hydrogen (secondary N) is 1. The van der Waals surface area contributed by atoms with Crippen LogP contribution in [-0.2, 0) is 17.6 Å². The Morgan fingerprint density at radius 1 is 1.30 bits per heavy atom. The zero-order valence-corrected chi connectivity index (χ0v) is 18.1. The highest BCUT2D eigenvalue weighted by Crippen LogP contribution is 2.39. The number of ether oxygens (including phenoxy) is 1. The highest BCUT2D eigenvalue weighted by molar-refractivity contribution is 5.69. The van der Waals surface area contributed by atoms with E-state index in [0.29, 0.717) is 18.1 Å². The Morgan fingerprint density at radius 3 is 2.80 bits per heavy atom. The molecule has 6 nitrogen and oxygen atoms in total. The summed E-state index contributed by atoms with van der Waals surface area (Å²) in [5.74, 6) is -0.0539. The molecular weight excluding hydrogens is 382 g/mol. The lowest BCUT2D eigenvalue weighted by Crippen LogP contribution is -2.23. The molecular formula is C24H37NO5. The van der Waals surface area contributed by atoms with Gasteiger partial charge in [-0.05, 0) is 68.2 Å². The van der Waals surface area contributed by atoms with Crippen molar-refractivity contribution in [2.45, 2.75) is 83.3 Å². The van der Waals surface area contributed by atoms with Crippen LogP contribution in [0.15, 0.2) is 18.2 Å². The fourth-order valence-corrected chi connectivity index (χ4v) is 4.66. The lowest BCUT2D eigenvalue weighted by molar-refractivity contribution is -0.139. The molecule has 0 amide bonds. The number of hydrogen-bond donors (Lipinski definition) is 4. The number of rotatable bonds is 14. The first-order chi connectivity index (χ1) is 14.5. The Hall–Kier alpha value is -1.92. The SMILES string of the molecule is CCCCCC(O)CC[C@@H]1[C@@H](Cc2cccc(OCC(=O)O)c2CC=N)CC[C@H]1O. The summed E-state index contributed by atoms with van der Waals surface area (Å²) in [5, 5.41) is 37.2. The molecule has 1 aliphatic rings. The molecule has 1 saturated carbocycles. The van der Waals surface area contributed by atoms with E-state index in [9.17, 15) is 15.0 Å². The molecule has 6 heteroatoms. The molecule has 4 atom stereocenters. The molecule has 0 saturated heterocycles. The van der Waals surface area contributed by atoms with Gasteiger partial charge >= 0.3 is 5.97 Å². The number of aliphatic carboxylic acids is 1. The van der Waals surface area contributed by atoms with Gasteiger partial charge in [0.1, 0.15) is 5.75 Å². The topological polar surface area (TPSA) is 111 Å². The lowest BCUT2D eigenvalue weighted by atomic mass is 9.83. The molecule has 2 rings (SSSR count). The molecule has 1 aromatic carbocycles. The lowest BCUT2D eigenvalue weighted by Gasteiger charge is -2.25. The van der Waals surface area contributed by atoms with Gasteiger partial charge in [0, 0.05) is 12.0 Å². The quantitative estimate of drug-likeness (QED) is 0.269. The molecule has 0 radical (unpaired) electrons. The molecule has 1 aliphatic carbocycles. The Kier molecular flexibility index (Phi) is 10.3. The minimum Gasteiger partial charge on any atom is -0.482 e. The van der Waals surface area contributed by atoms with Crippen LogP contribution in [0.4, 0.5) is 0 Å². The first-order valence-corrected chi connectivity index (χ1v) is 11.3. The first kappa shape index (κ1) is 24.4. The van der Waals surface area contributed by atoms with Crippen molar-refractivity contribution < 1.29 is 24.9 Å². The van der Waals surface area contributed by atoms with E-state index in [1.165, 1.54) is 6.21 Å². The average molecular weight is 420 g/mol. The Labute approximate surface area is 179 Å². The molecule has 1 aromatic rings. The van der Waals surface area contributed by atoms with E-state index >= 15 is 0 Å². The number of unbranched alkanes of at least 4 members (excludes halogenated alkanes) is 2. The van der Waals surface area contributed by atoms with Gasteiger partial charge < -0.3 is 25.5 Å². The van der Waals surface area contributed by atoms with Crippen molar-refractivity contribution in [1.29, 1.82) is 5.41 Å². The van der Waals surface area contributed by atoms with Gasteiger partial charge in [0.15, 0.2) is 6.61 Å². The maximum atomic E-state index is 10.9. The Morgan fingerprint density at radius 2 is 2.10 bits per heavy atom. The second-order valence-electron chi connectivity index (χ2n) is 8.48. The third-order valence-corrected chi connectivity index (χ3v) is 6.28. The van der Waals surface area contributed by atoms with E-state index in [1.54, 1.807) is 6.07 Å². The smallest absolute Gasteiger partial charge is 0.341 e. The molecule has 0 aliphatic heterocycles. The van der Waals surface area contributed by atoms with E-state index in [-0.39, 0.29) is 18.1 Å². The number of aliphatic hydroxyl groups excluding tert-OH is 2. The summed E-state index contributed by atoms with van der Waals surface area (Å²) in [5.41, 5.74) is 1.91. The van der Waals surface area contributed by atoms with Gasteiger partial charge in [0.25, 0.3) is 0 Å². The molecule has 0 bridgehead atoms. The summed E-state index contributed by atoms with van der Waals surface area (Å²) >= 11 is 0. The molecule has 0 aromatic heterocycles. The van der Waals surface area contributed by atoms with Crippen LogP contribution in [0.25, 0.3) is 0 Å². The summed E-state index contributed by atoms with van der Waals surface area (Å²) < 4.78 is 5.44. The zero-order valence-electron chi connectivity index (χ0n) is 18.1. The van der Waals surface area contributed by atoms with Gasteiger partial charge in [-0.25, -0.2) is 4.79 Å². The molecule has 30 heavy (non-hydrogen) atoms. The highest BCUT2D eigenvalue weighted by atomic mass is 16.5. The van der Waals surface area contributed by atoms with Gasteiger partial charge in [-0.3, -0.25) is 0 Å². The van der Waals surface area contributed by atoms with Gasteiger partial charge in [0.05, 0.1) is 12.2 Å². The largest absolute Gasteiger partial charge is 0.482 e. The predicted molar refractivity (Wildman–Crippen MR) is 117 cm³/mol. The number of carbonyl (C=O) groups is 1. The van der Waals surface area contributed by atoms with Crippen LogP contribution in [0.3, 0.4) is 0 Å².